The normalized spacial score (nSPS) is 18.9. The van der Waals surface area contributed by atoms with Gasteiger partial charge in [-0.2, -0.15) is 0 Å². The number of amides is 3. The second-order valence-electron chi connectivity index (χ2n) is 8.64. The topological polar surface area (TPSA) is 113 Å². The molecule has 0 saturated carbocycles. The van der Waals surface area contributed by atoms with Crippen LogP contribution in [0.5, 0.6) is 0 Å². The third kappa shape index (κ3) is 5.02. The van der Waals surface area contributed by atoms with Gasteiger partial charge in [0.2, 0.25) is 17.7 Å². The van der Waals surface area contributed by atoms with Crippen LogP contribution in [0.25, 0.3) is 0 Å². The number of anilines is 2. The zero-order valence-corrected chi connectivity index (χ0v) is 18.4. The lowest BCUT2D eigenvalue weighted by Crippen LogP contribution is -2.44. The number of carbonyl (C=O) groups is 3. The maximum absolute atomic E-state index is 13.0. The number of benzene rings is 2. The van der Waals surface area contributed by atoms with Crippen LogP contribution in [0.1, 0.15) is 24.8 Å². The summed E-state index contributed by atoms with van der Waals surface area (Å²) in [4.78, 5) is 52.0. The minimum absolute atomic E-state index is 0.0458. The molecule has 3 amide bonds. The summed E-state index contributed by atoms with van der Waals surface area (Å²) in [5.41, 5.74) is 2.21. The molecule has 1 unspecified atom stereocenters. The highest BCUT2D eigenvalue weighted by Crippen LogP contribution is 2.28. The van der Waals surface area contributed by atoms with E-state index < -0.39 is 4.92 Å². The van der Waals surface area contributed by atoms with Crippen molar-refractivity contribution in [3.8, 4) is 0 Å². The van der Waals surface area contributed by atoms with E-state index in [1.54, 1.807) is 15.9 Å². The van der Waals surface area contributed by atoms with E-state index >= 15 is 0 Å². The number of piperidine rings is 1. The van der Waals surface area contributed by atoms with E-state index in [1.165, 1.54) is 18.2 Å². The highest BCUT2D eigenvalue weighted by Gasteiger charge is 2.38. The van der Waals surface area contributed by atoms with Crippen LogP contribution < -0.4 is 10.2 Å². The highest BCUT2D eigenvalue weighted by molar-refractivity contribution is 6.00. The van der Waals surface area contributed by atoms with Crippen LogP contribution in [0.4, 0.5) is 17.1 Å². The Labute approximate surface area is 191 Å². The predicted octanol–water partition coefficient (Wildman–Crippen LogP) is 3.13. The molecule has 172 valence electrons. The van der Waals surface area contributed by atoms with Gasteiger partial charge in [-0.15, -0.1) is 0 Å². The van der Waals surface area contributed by atoms with Gasteiger partial charge in [-0.25, -0.2) is 0 Å². The second-order valence-corrected chi connectivity index (χ2v) is 8.64. The van der Waals surface area contributed by atoms with E-state index in [9.17, 15) is 24.5 Å². The molecule has 2 saturated heterocycles. The summed E-state index contributed by atoms with van der Waals surface area (Å²) in [6.07, 6.45) is 1.21. The Balaban J connectivity index is 1.30. The van der Waals surface area contributed by atoms with Crippen LogP contribution in [0.2, 0.25) is 0 Å². The van der Waals surface area contributed by atoms with Crippen molar-refractivity contribution in [2.24, 2.45) is 11.8 Å². The van der Waals surface area contributed by atoms with Crippen LogP contribution in [0, 0.1) is 28.9 Å². The number of non-ortho nitro benzene ring substituents is 1. The Bertz CT molecular complexity index is 1080. The van der Waals surface area contributed by atoms with Crippen molar-refractivity contribution in [1.82, 2.24) is 4.90 Å². The Morgan fingerprint density at radius 1 is 1.06 bits per heavy atom. The molecule has 2 aliphatic rings. The van der Waals surface area contributed by atoms with Crippen molar-refractivity contribution in [3.05, 3.63) is 64.2 Å². The van der Waals surface area contributed by atoms with Crippen LogP contribution >= 0.6 is 0 Å². The maximum atomic E-state index is 13.0. The number of nitrogens with zero attached hydrogens (tertiary/aromatic N) is 3. The Morgan fingerprint density at radius 2 is 1.76 bits per heavy atom. The highest BCUT2D eigenvalue weighted by atomic mass is 16.6. The molecule has 0 aliphatic carbocycles. The lowest BCUT2D eigenvalue weighted by Gasteiger charge is -2.33. The Kier molecular flexibility index (Phi) is 6.39. The first-order valence-corrected chi connectivity index (χ1v) is 11.0. The summed E-state index contributed by atoms with van der Waals surface area (Å²) in [5, 5.41) is 13.7. The fraction of sp³-hybridized carbons (Fsp3) is 0.375. The van der Waals surface area contributed by atoms with Crippen LogP contribution in [-0.4, -0.2) is 47.2 Å². The monoisotopic (exact) mass is 450 g/mol. The van der Waals surface area contributed by atoms with E-state index in [4.69, 9.17) is 0 Å². The van der Waals surface area contributed by atoms with Gasteiger partial charge < -0.3 is 15.1 Å². The minimum atomic E-state index is -0.506. The lowest BCUT2D eigenvalue weighted by atomic mass is 9.94. The van der Waals surface area contributed by atoms with Gasteiger partial charge in [-0.05, 0) is 38.0 Å². The first kappa shape index (κ1) is 22.4. The molecule has 0 spiro atoms. The van der Waals surface area contributed by atoms with E-state index in [0.29, 0.717) is 38.2 Å². The summed E-state index contributed by atoms with van der Waals surface area (Å²) in [6.45, 7) is 3.24. The molecule has 1 N–H and O–H groups in total. The number of nitro benzene ring substituents is 1. The fourth-order valence-electron chi connectivity index (χ4n) is 4.41. The third-order valence-electron chi connectivity index (χ3n) is 6.32. The molecule has 2 aromatic rings. The van der Waals surface area contributed by atoms with Crippen molar-refractivity contribution in [2.75, 3.05) is 29.9 Å². The van der Waals surface area contributed by atoms with Crippen LogP contribution in [0.3, 0.4) is 0 Å². The third-order valence-corrected chi connectivity index (χ3v) is 6.32. The number of likely N-dealkylation sites (tertiary alicyclic amines) is 1. The van der Waals surface area contributed by atoms with Gasteiger partial charge in [0.05, 0.1) is 10.8 Å². The molecule has 33 heavy (non-hydrogen) atoms. The van der Waals surface area contributed by atoms with Gasteiger partial charge in [0.25, 0.3) is 5.69 Å². The molecule has 2 aromatic carbocycles. The second kappa shape index (κ2) is 9.40. The Morgan fingerprint density at radius 3 is 2.42 bits per heavy atom. The number of aryl methyl sites for hydroxylation is 1. The number of carbonyl (C=O) groups excluding carboxylic acids is 3. The van der Waals surface area contributed by atoms with Gasteiger partial charge in [0.1, 0.15) is 0 Å². The largest absolute Gasteiger partial charge is 0.342 e. The molecule has 0 radical (unpaired) electrons. The first-order chi connectivity index (χ1) is 15.8. The van der Waals surface area contributed by atoms with Crippen molar-refractivity contribution in [2.45, 2.75) is 26.2 Å². The molecule has 2 aliphatic heterocycles. The number of nitro groups is 1. The van der Waals surface area contributed by atoms with E-state index in [2.05, 4.69) is 5.32 Å². The fourth-order valence-corrected chi connectivity index (χ4v) is 4.41. The van der Waals surface area contributed by atoms with E-state index in [1.807, 2.05) is 31.2 Å². The zero-order valence-electron chi connectivity index (χ0n) is 18.4. The first-order valence-electron chi connectivity index (χ1n) is 11.0. The molecule has 9 nitrogen and oxygen atoms in total. The molecule has 1 atom stereocenters. The number of hydrogen-bond acceptors (Lipinski definition) is 5. The van der Waals surface area contributed by atoms with Crippen molar-refractivity contribution >= 4 is 34.8 Å². The molecule has 2 heterocycles. The average Bonchev–Trinajstić information content (AvgIpc) is 3.21. The smallest absolute Gasteiger partial charge is 0.271 e. The summed E-state index contributed by atoms with van der Waals surface area (Å²) in [5.74, 6) is -0.959. The summed E-state index contributed by atoms with van der Waals surface area (Å²) in [7, 11) is 0. The van der Waals surface area contributed by atoms with Gasteiger partial charge >= 0.3 is 0 Å². The average molecular weight is 450 g/mol. The molecule has 0 aromatic heterocycles. The van der Waals surface area contributed by atoms with Gasteiger partial charge in [0, 0.05) is 55.5 Å². The summed E-state index contributed by atoms with van der Waals surface area (Å²) < 4.78 is 0. The molecular weight excluding hydrogens is 424 g/mol. The SMILES string of the molecule is Cc1ccc(N2CC(C(=O)N3CCC(C(=O)Nc4cccc([N+](=O)[O-])c4)CC3)CC2=O)cc1. The van der Waals surface area contributed by atoms with E-state index in [-0.39, 0.29) is 41.7 Å². The number of hydrogen-bond donors (Lipinski definition) is 1. The van der Waals surface area contributed by atoms with Crippen molar-refractivity contribution in [1.29, 1.82) is 0 Å². The van der Waals surface area contributed by atoms with Crippen molar-refractivity contribution < 1.29 is 19.3 Å². The maximum Gasteiger partial charge on any atom is 0.271 e. The Hall–Kier alpha value is -3.75. The van der Waals surface area contributed by atoms with Gasteiger partial charge in [-0.1, -0.05) is 23.8 Å². The predicted molar refractivity (Wildman–Crippen MR) is 123 cm³/mol. The van der Waals surface area contributed by atoms with Crippen molar-refractivity contribution in [3.63, 3.8) is 0 Å². The zero-order chi connectivity index (χ0) is 23.5. The quantitative estimate of drug-likeness (QED) is 0.555. The number of rotatable bonds is 5. The molecular formula is C24H26N4O5. The molecule has 2 fully saturated rings. The molecule has 9 heteroatoms. The standard InChI is InChI=1S/C24H26N4O5/c1-16-5-7-20(8-6-16)27-15-18(13-22(27)29)24(31)26-11-9-17(10-12-26)23(30)25-19-3-2-4-21(14-19)28(32)33/h2-8,14,17-18H,9-13,15H2,1H3,(H,25,30). The summed E-state index contributed by atoms with van der Waals surface area (Å²) >= 11 is 0. The van der Waals surface area contributed by atoms with Gasteiger partial charge in [-0.3, -0.25) is 24.5 Å². The minimum Gasteiger partial charge on any atom is -0.342 e. The lowest BCUT2D eigenvalue weighted by molar-refractivity contribution is -0.384. The summed E-state index contributed by atoms with van der Waals surface area (Å²) in [6, 6.07) is 13.5. The number of nitrogens with one attached hydrogen (secondary N) is 1. The molecule has 4 rings (SSSR count). The van der Waals surface area contributed by atoms with E-state index in [0.717, 1.165) is 11.3 Å². The van der Waals surface area contributed by atoms with Crippen LogP contribution in [-0.2, 0) is 14.4 Å². The van der Waals surface area contributed by atoms with Gasteiger partial charge in [0.15, 0.2) is 0 Å². The van der Waals surface area contributed by atoms with Crippen LogP contribution in [0.15, 0.2) is 48.5 Å². The molecule has 0 bridgehead atoms.